The number of hydrogen-bond donors (Lipinski definition) is 2. The molecular formula is C25H26N2O4. The fraction of sp³-hybridized carbons (Fsp3) is 0.200. The predicted octanol–water partition coefficient (Wildman–Crippen LogP) is 3.94. The summed E-state index contributed by atoms with van der Waals surface area (Å²) in [6.45, 7) is 1.25. The van der Waals surface area contributed by atoms with Crippen LogP contribution < -0.4 is 15.4 Å². The van der Waals surface area contributed by atoms with Gasteiger partial charge in [-0.2, -0.15) is 0 Å². The molecule has 0 spiro atoms. The Kier molecular flexibility index (Phi) is 8.20. The van der Waals surface area contributed by atoms with Gasteiger partial charge in [-0.1, -0.05) is 54.6 Å². The Bertz CT molecular complexity index is 1010. The van der Waals surface area contributed by atoms with Crippen LogP contribution in [0.1, 0.15) is 26.3 Å². The Labute approximate surface area is 182 Å². The van der Waals surface area contributed by atoms with E-state index in [0.29, 0.717) is 42.3 Å². The summed E-state index contributed by atoms with van der Waals surface area (Å²) >= 11 is 0. The number of methoxy groups -OCH3 is 1. The quantitative estimate of drug-likeness (QED) is 0.489. The average molecular weight is 418 g/mol. The minimum absolute atomic E-state index is 0.277. The number of para-hydroxylation sites is 2. The Hall–Kier alpha value is -3.64. The van der Waals surface area contributed by atoms with Crippen LogP contribution in [-0.2, 0) is 11.2 Å². The second-order valence-electron chi connectivity index (χ2n) is 6.83. The largest absolute Gasteiger partial charge is 0.492 e. The minimum atomic E-state index is -0.340. The fourth-order valence-electron chi connectivity index (χ4n) is 3.05. The van der Waals surface area contributed by atoms with Crippen molar-refractivity contribution in [1.29, 1.82) is 0 Å². The molecular weight excluding hydrogens is 392 g/mol. The second kappa shape index (κ2) is 11.5. The molecule has 31 heavy (non-hydrogen) atoms. The summed E-state index contributed by atoms with van der Waals surface area (Å²) in [5.41, 5.74) is 2.39. The molecule has 0 saturated carbocycles. The van der Waals surface area contributed by atoms with Crippen LogP contribution in [0.2, 0.25) is 0 Å². The number of rotatable bonds is 10. The van der Waals surface area contributed by atoms with Crippen molar-refractivity contribution in [2.24, 2.45) is 0 Å². The van der Waals surface area contributed by atoms with Gasteiger partial charge in [0.25, 0.3) is 11.8 Å². The van der Waals surface area contributed by atoms with Gasteiger partial charge in [0.1, 0.15) is 5.75 Å². The normalized spacial score (nSPS) is 10.4. The van der Waals surface area contributed by atoms with Crippen LogP contribution in [-0.4, -0.2) is 38.7 Å². The van der Waals surface area contributed by atoms with E-state index in [-0.39, 0.29) is 11.8 Å². The highest BCUT2D eigenvalue weighted by molar-refractivity contribution is 6.10. The molecule has 0 aliphatic carbocycles. The Morgan fingerprint density at radius 3 is 2.23 bits per heavy atom. The van der Waals surface area contributed by atoms with Gasteiger partial charge in [0.2, 0.25) is 0 Å². The summed E-state index contributed by atoms with van der Waals surface area (Å²) in [6, 6.07) is 24.0. The molecule has 0 bridgehead atoms. The van der Waals surface area contributed by atoms with Gasteiger partial charge in [0, 0.05) is 20.1 Å². The van der Waals surface area contributed by atoms with E-state index in [4.69, 9.17) is 9.47 Å². The van der Waals surface area contributed by atoms with Crippen molar-refractivity contribution >= 4 is 17.5 Å². The molecule has 6 nitrogen and oxygen atoms in total. The summed E-state index contributed by atoms with van der Waals surface area (Å²) < 4.78 is 10.8. The van der Waals surface area contributed by atoms with Gasteiger partial charge in [-0.15, -0.1) is 0 Å². The Morgan fingerprint density at radius 1 is 0.774 bits per heavy atom. The number of carbonyl (C=O) groups excluding carboxylic acids is 2. The first-order valence-electron chi connectivity index (χ1n) is 10.1. The van der Waals surface area contributed by atoms with Gasteiger partial charge in [0.15, 0.2) is 0 Å². The third kappa shape index (κ3) is 6.42. The number of benzene rings is 3. The molecule has 3 aromatic rings. The van der Waals surface area contributed by atoms with Crippen molar-refractivity contribution in [3.63, 3.8) is 0 Å². The molecule has 6 heteroatoms. The first kappa shape index (κ1) is 22.1. The standard InChI is InChI=1S/C25H26N2O4/c1-30-18-16-26-24(28)20-11-5-7-13-22(20)27-25(29)21-12-6-8-14-23(21)31-17-15-19-9-3-2-4-10-19/h2-14H,15-18H2,1H3,(H,26,28)(H,27,29). The number of nitrogens with one attached hydrogen (secondary N) is 2. The highest BCUT2D eigenvalue weighted by atomic mass is 16.5. The summed E-state index contributed by atoms with van der Waals surface area (Å²) in [7, 11) is 1.57. The first-order valence-corrected chi connectivity index (χ1v) is 10.1. The number of ether oxygens (including phenoxy) is 2. The number of anilines is 1. The van der Waals surface area contributed by atoms with E-state index in [1.165, 1.54) is 0 Å². The average Bonchev–Trinajstić information content (AvgIpc) is 2.80. The maximum absolute atomic E-state index is 13.0. The highest BCUT2D eigenvalue weighted by Crippen LogP contribution is 2.22. The van der Waals surface area contributed by atoms with Crippen molar-refractivity contribution in [2.75, 3.05) is 32.2 Å². The molecule has 0 atom stereocenters. The first-order chi connectivity index (χ1) is 15.2. The number of carbonyl (C=O) groups is 2. The maximum atomic E-state index is 13.0. The number of amides is 2. The lowest BCUT2D eigenvalue weighted by molar-refractivity contribution is 0.0938. The van der Waals surface area contributed by atoms with E-state index in [0.717, 1.165) is 12.0 Å². The smallest absolute Gasteiger partial charge is 0.259 e. The van der Waals surface area contributed by atoms with E-state index < -0.39 is 0 Å². The zero-order valence-electron chi connectivity index (χ0n) is 17.5. The molecule has 2 N–H and O–H groups in total. The van der Waals surface area contributed by atoms with Crippen LogP contribution in [0.3, 0.4) is 0 Å². The highest BCUT2D eigenvalue weighted by Gasteiger charge is 2.16. The van der Waals surface area contributed by atoms with E-state index in [1.807, 2.05) is 36.4 Å². The Balaban J connectivity index is 1.68. The molecule has 0 unspecified atom stereocenters. The second-order valence-corrected chi connectivity index (χ2v) is 6.83. The van der Waals surface area contributed by atoms with E-state index in [9.17, 15) is 9.59 Å². The van der Waals surface area contributed by atoms with Crippen molar-refractivity contribution in [3.8, 4) is 5.75 Å². The van der Waals surface area contributed by atoms with Crippen LogP contribution in [0.25, 0.3) is 0 Å². The molecule has 0 fully saturated rings. The van der Waals surface area contributed by atoms with Crippen LogP contribution >= 0.6 is 0 Å². The molecule has 160 valence electrons. The maximum Gasteiger partial charge on any atom is 0.259 e. The SMILES string of the molecule is COCCNC(=O)c1ccccc1NC(=O)c1ccccc1OCCc1ccccc1. The van der Waals surface area contributed by atoms with Gasteiger partial charge < -0.3 is 20.1 Å². The minimum Gasteiger partial charge on any atom is -0.492 e. The van der Waals surface area contributed by atoms with Crippen molar-refractivity contribution in [3.05, 3.63) is 95.6 Å². The topological polar surface area (TPSA) is 76.7 Å². The lowest BCUT2D eigenvalue weighted by Crippen LogP contribution is -2.28. The van der Waals surface area contributed by atoms with Gasteiger partial charge in [-0.05, 0) is 29.8 Å². The van der Waals surface area contributed by atoms with E-state index in [1.54, 1.807) is 49.6 Å². The molecule has 3 aromatic carbocycles. The molecule has 0 heterocycles. The van der Waals surface area contributed by atoms with Crippen LogP contribution in [0.5, 0.6) is 5.75 Å². The van der Waals surface area contributed by atoms with Crippen molar-refractivity contribution < 1.29 is 19.1 Å². The van der Waals surface area contributed by atoms with Gasteiger partial charge in [0.05, 0.1) is 30.0 Å². The zero-order valence-corrected chi connectivity index (χ0v) is 17.5. The summed E-state index contributed by atoms with van der Waals surface area (Å²) in [5, 5.41) is 5.60. The van der Waals surface area contributed by atoms with Crippen molar-refractivity contribution in [2.45, 2.75) is 6.42 Å². The summed E-state index contributed by atoms with van der Waals surface area (Å²) in [4.78, 5) is 25.4. The van der Waals surface area contributed by atoms with Crippen LogP contribution in [0, 0.1) is 0 Å². The predicted molar refractivity (Wildman–Crippen MR) is 121 cm³/mol. The van der Waals surface area contributed by atoms with Gasteiger partial charge in [-0.3, -0.25) is 9.59 Å². The summed E-state index contributed by atoms with van der Waals surface area (Å²) in [6.07, 6.45) is 0.737. The molecule has 2 amide bonds. The third-order valence-corrected chi connectivity index (χ3v) is 4.63. The molecule has 3 rings (SSSR count). The molecule has 0 aromatic heterocycles. The van der Waals surface area contributed by atoms with Crippen LogP contribution in [0.15, 0.2) is 78.9 Å². The van der Waals surface area contributed by atoms with Crippen LogP contribution in [0.4, 0.5) is 5.69 Å². The lowest BCUT2D eigenvalue weighted by Gasteiger charge is -2.14. The van der Waals surface area contributed by atoms with Gasteiger partial charge in [-0.25, -0.2) is 0 Å². The monoisotopic (exact) mass is 418 g/mol. The lowest BCUT2D eigenvalue weighted by atomic mass is 10.1. The van der Waals surface area contributed by atoms with Gasteiger partial charge >= 0.3 is 0 Å². The fourth-order valence-corrected chi connectivity index (χ4v) is 3.05. The van der Waals surface area contributed by atoms with Crippen molar-refractivity contribution in [1.82, 2.24) is 5.32 Å². The molecule has 0 aliphatic rings. The van der Waals surface area contributed by atoms with E-state index >= 15 is 0 Å². The molecule has 0 aliphatic heterocycles. The molecule has 0 saturated heterocycles. The van der Waals surface area contributed by atoms with E-state index in [2.05, 4.69) is 10.6 Å². The molecule has 0 radical (unpaired) electrons. The Morgan fingerprint density at radius 2 is 1.45 bits per heavy atom. The third-order valence-electron chi connectivity index (χ3n) is 4.63. The summed E-state index contributed by atoms with van der Waals surface area (Å²) in [5.74, 6) is -0.120. The number of hydrogen-bond acceptors (Lipinski definition) is 4. The zero-order chi connectivity index (χ0) is 21.9.